The molecule has 8 rings (SSSR count). The highest BCUT2D eigenvalue weighted by Gasteiger charge is 2.46. The fourth-order valence-corrected chi connectivity index (χ4v) is 8.98. The third-order valence-corrected chi connectivity index (χ3v) is 12.5. The van der Waals surface area contributed by atoms with Crippen LogP contribution in [0.1, 0.15) is 67.7 Å². The number of benzene rings is 3. The molecule has 3 aliphatic rings. The number of nitrogens with one attached hydrogen (secondary N) is 3. The molecule has 65 heavy (non-hydrogen) atoms. The van der Waals surface area contributed by atoms with Crippen LogP contribution in [-0.4, -0.2) is 119 Å². The highest BCUT2D eigenvalue weighted by molar-refractivity contribution is 7.10. The van der Waals surface area contributed by atoms with Gasteiger partial charge in [-0.25, -0.2) is 4.98 Å². The number of nitrogens with zero attached hydrogens (tertiary/aromatic N) is 5. The SMILES string of the molecule is O=C(COc1cccc2c1C(=O)N(C1CCC(=O)NC1=O)C2=O)NCCOCCN1CCC(CNC(=O)c2cccc(-c3noc(C(F)(F)F)n3)c2)(c2nc(-c3ccccc3)cs2)CC1. The summed E-state index contributed by atoms with van der Waals surface area (Å²) in [5.74, 6) is -5.30. The minimum atomic E-state index is -4.80. The average molecular weight is 915 g/mol. The zero-order valence-electron chi connectivity index (χ0n) is 34.5. The van der Waals surface area contributed by atoms with Crippen molar-refractivity contribution in [3.8, 4) is 28.4 Å². The van der Waals surface area contributed by atoms with Crippen LogP contribution in [0.3, 0.4) is 0 Å². The molecule has 2 saturated heterocycles. The van der Waals surface area contributed by atoms with Crippen molar-refractivity contribution < 1.29 is 55.9 Å². The smallest absolute Gasteiger partial charge is 0.471 e. The van der Waals surface area contributed by atoms with Crippen LogP contribution in [0, 0.1) is 0 Å². The first-order chi connectivity index (χ1) is 31.3. The van der Waals surface area contributed by atoms with E-state index in [0.717, 1.165) is 21.2 Å². The maximum atomic E-state index is 13.5. The average Bonchev–Trinajstić information content (AvgIpc) is 4.07. The Morgan fingerprint density at radius 2 is 1.69 bits per heavy atom. The van der Waals surface area contributed by atoms with Gasteiger partial charge in [0.25, 0.3) is 23.6 Å². The van der Waals surface area contributed by atoms with Crippen LogP contribution in [0.2, 0.25) is 0 Å². The van der Waals surface area contributed by atoms with E-state index in [2.05, 4.69) is 35.5 Å². The van der Waals surface area contributed by atoms with E-state index in [1.165, 1.54) is 47.7 Å². The molecule has 3 N–H and O–H groups in total. The van der Waals surface area contributed by atoms with Gasteiger partial charge in [0.05, 0.1) is 30.0 Å². The predicted molar refractivity (Wildman–Crippen MR) is 224 cm³/mol. The summed E-state index contributed by atoms with van der Waals surface area (Å²) >= 11 is 1.52. The second-order valence-corrected chi connectivity index (χ2v) is 16.4. The monoisotopic (exact) mass is 914 g/mol. The molecule has 5 aromatic rings. The van der Waals surface area contributed by atoms with Gasteiger partial charge in [0.15, 0.2) is 6.61 Å². The number of amides is 6. The molecule has 1 atom stereocenters. The number of imide groups is 2. The number of carbonyl (C=O) groups is 6. The number of ether oxygens (including phenoxy) is 2. The van der Waals surface area contributed by atoms with Crippen LogP contribution >= 0.6 is 11.3 Å². The molecule has 3 aromatic carbocycles. The van der Waals surface area contributed by atoms with Gasteiger partial charge in [-0.1, -0.05) is 53.7 Å². The molecule has 338 valence electrons. The van der Waals surface area contributed by atoms with Crippen LogP contribution in [0.4, 0.5) is 13.2 Å². The number of aromatic nitrogens is 3. The van der Waals surface area contributed by atoms with Crippen molar-refractivity contribution in [2.45, 2.75) is 43.3 Å². The third-order valence-electron chi connectivity index (χ3n) is 11.4. The Bertz CT molecular complexity index is 2610. The van der Waals surface area contributed by atoms with Gasteiger partial charge in [-0.15, -0.1) is 11.3 Å². The molecular weight excluding hydrogens is 874 g/mol. The normalized spacial score (nSPS) is 17.5. The van der Waals surface area contributed by atoms with E-state index in [1.54, 1.807) is 6.07 Å². The molecular formula is C44H41F3N8O9S. The van der Waals surface area contributed by atoms with Crippen LogP contribution in [0.15, 0.2) is 82.7 Å². The van der Waals surface area contributed by atoms with Crippen molar-refractivity contribution in [3.05, 3.63) is 106 Å². The molecule has 17 nitrogen and oxygen atoms in total. The molecule has 2 fully saturated rings. The number of fused-ring (bicyclic) bond motifs is 1. The van der Waals surface area contributed by atoms with Crippen LogP contribution in [0.5, 0.6) is 5.75 Å². The first kappa shape index (κ1) is 44.8. The number of hydrogen-bond donors (Lipinski definition) is 3. The molecule has 0 radical (unpaired) electrons. The van der Waals surface area contributed by atoms with Crippen LogP contribution in [0.25, 0.3) is 22.6 Å². The molecule has 0 bridgehead atoms. The second kappa shape index (κ2) is 19.1. The van der Waals surface area contributed by atoms with Crippen molar-refractivity contribution in [2.24, 2.45) is 0 Å². The van der Waals surface area contributed by atoms with Gasteiger partial charge in [0.1, 0.15) is 16.8 Å². The molecule has 1 unspecified atom stereocenters. The number of rotatable bonds is 16. The summed E-state index contributed by atoms with van der Waals surface area (Å²) in [5.41, 5.74) is 1.67. The van der Waals surface area contributed by atoms with Gasteiger partial charge in [-0.3, -0.25) is 39.0 Å². The number of piperidine rings is 2. The van der Waals surface area contributed by atoms with Gasteiger partial charge < -0.3 is 29.5 Å². The van der Waals surface area contributed by atoms with Gasteiger partial charge in [-0.05, 0) is 56.6 Å². The number of thiazole rings is 1. The minimum absolute atomic E-state index is 0.00931. The van der Waals surface area contributed by atoms with Gasteiger partial charge in [0.2, 0.25) is 17.6 Å². The zero-order chi connectivity index (χ0) is 45.7. The van der Waals surface area contributed by atoms with E-state index < -0.39 is 65.6 Å². The topological polar surface area (TPSA) is 215 Å². The number of likely N-dealkylation sites (tertiary alicyclic amines) is 1. The number of alkyl halides is 3. The fraction of sp³-hybridized carbons (Fsp3) is 0.341. The summed E-state index contributed by atoms with van der Waals surface area (Å²) in [4.78, 5) is 88.1. The first-order valence-electron chi connectivity index (χ1n) is 20.6. The van der Waals surface area contributed by atoms with E-state index in [-0.39, 0.29) is 66.4 Å². The van der Waals surface area contributed by atoms with E-state index in [1.807, 2.05) is 35.7 Å². The molecule has 2 aromatic heterocycles. The summed E-state index contributed by atoms with van der Waals surface area (Å²) in [7, 11) is 0. The van der Waals surface area contributed by atoms with E-state index in [9.17, 15) is 41.9 Å². The van der Waals surface area contributed by atoms with Crippen molar-refractivity contribution >= 4 is 46.8 Å². The fourth-order valence-electron chi connectivity index (χ4n) is 7.89. The summed E-state index contributed by atoms with van der Waals surface area (Å²) in [6, 6.07) is 19.0. The van der Waals surface area contributed by atoms with Crippen LogP contribution < -0.4 is 20.7 Å². The van der Waals surface area contributed by atoms with E-state index >= 15 is 0 Å². The lowest BCUT2D eigenvalue weighted by Crippen LogP contribution is -2.54. The molecule has 6 amide bonds. The first-order valence-corrected chi connectivity index (χ1v) is 21.5. The van der Waals surface area contributed by atoms with Crippen LogP contribution in [-0.2, 0) is 30.7 Å². The lowest BCUT2D eigenvalue weighted by molar-refractivity contribution is -0.159. The molecule has 0 saturated carbocycles. The number of carbonyl (C=O) groups excluding carboxylic acids is 6. The minimum Gasteiger partial charge on any atom is -0.483 e. The maximum Gasteiger partial charge on any atom is 0.471 e. The molecule has 21 heteroatoms. The Hall–Kier alpha value is -6.84. The summed E-state index contributed by atoms with van der Waals surface area (Å²) in [5, 5.41) is 14.2. The third kappa shape index (κ3) is 9.96. The van der Waals surface area contributed by atoms with Crippen molar-refractivity contribution in [3.63, 3.8) is 0 Å². The van der Waals surface area contributed by atoms with Gasteiger partial charge in [-0.2, -0.15) is 18.2 Å². The standard InChI is InChI=1S/C44H41F3N8O9S/c45-44(46,47)41-52-36(53-64-41)27-8-4-9-28(22-27)37(58)49-25-43(42-50-30(24-65-42)26-6-2-1-3-7-26)14-17-54(18-15-43)19-21-62-20-16-48-34(57)23-63-32-11-5-10-29-35(32)40(61)55(39(29)60)31-12-13-33(56)51-38(31)59/h1-11,22,24,31H,12-21,23,25H2,(H,48,57)(H,49,58)(H,51,56,59). The second-order valence-electron chi connectivity index (χ2n) is 15.6. The van der Waals surface area contributed by atoms with Gasteiger partial charge in [0, 0.05) is 53.5 Å². The molecule has 0 spiro atoms. The molecule has 3 aliphatic heterocycles. The summed E-state index contributed by atoms with van der Waals surface area (Å²) in [6.07, 6.45) is -3.49. The quantitative estimate of drug-likeness (QED) is 0.0934. The highest BCUT2D eigenvalue weighted by atomic mass is 32.1. The lowest BCUT2D eigenvalue weighted by Gasteiger charge is -2.40. The largest absolute Gasteiger partial charge is 0.483 e. The number of halogens is 3. The Balaban J connectivity index is 0.809. The highest BCUT2D eigenvalue weighted by Crippen LogP contribution is 2.39. The number of hydrogen-bond acceptors (Lipinski definition) is 14. The van der Waals surface area contributed by atoms with E-state index in [0.29, 0.717) is 39.1 Å². The van der Waals surface area contributed by atoms with Crippen molar-refractivity contribution in [1.82, 2.24) is 40.9 Å². The Morgan fingerprint density at radius 1 is 0.923 bits per heavy atom. The Kier molecular flexibility index (Phi) is 13.1. The van der Waals surface area contributed by atoms with Gasteiger partial charge >= 0.3 is 12.1 Å². The molecule has 5 heterocycles. The Labute approximate surface area is 372 Å². The van der Waals surface area contributed by atoms with E-state index in [4.69, 9.17) is 14.5 Å². The summed E-state index contributed by atoms with van der Waals surface area (Å²) in [6.45, 7) is 2.53. The van der Waals surface area contributed by atoms with Crippen molar-refractivity contribution in [2.75, 3.05) is 52.5 Å². The Morgan fingerprint density at radius 3 is 2.45 bits per heavy atom. The lowest BCUT2D eigenvalue weighted by atomic mass is 9.78. The summed E-state index contributed by atoms with van der Waals surface area (Å²) < 4.78 is 55.1. The maximum absolute atomic E-state index is 13.5. The zero-order valence-corrected chi connectivity index (χ0v) is 35.3. The van der Waals surface area contributed by atoms with Crippen molar-refractivity contribution in [1.29, 1.82) is 0 Å². The molecule has 0 aliphatic carbocycles. The predicted octanol–water partition coefficient (Wildman–Crippen LogP) is 4.26.